The summed E-state index contributed by atoms with van der Waals surface area (Å²) < 4.78 is 5.21. The van der Waals surface area contributed by atoms with Crippen molar-refractivity contribution in [3.8, 4) is 16.9 Å². The molecule has 1 atom stereocenters. The zero-order valence-electron chi connectivity index (χ0n) is 12.4. The SMILES string of the molecule is COc1cccc(C(O)c2ccc(-c3ccccc3)cc2)c1. The van der Waals surface area contributed by atoms with Gasteiger partial charge < -0.3 is 9.84 Å². The minimum atomic E-state index is -0.653. The summed E-state index contributed by atoms with van der Waals surface area (Å²) in [6.07, 6.45) is -0.653. The van der Waals surface area contributed by atoms with Crippen LogP contribution in [0.25, 0.3) is 11.1 Å². The van der Waals surface area contributed by atoms with E-state index >= 15 is 0 Å². The monoisotopic (exact) mass is 290 g/mol. The smallest absolute Gasteiger partial charge is 0.119 e. The van der Waals surface area contributed by atoms with Gasteiger partial charge in [-0.2, -0.15) is 0 Å². The molecule has 0 saturated carbocycles. The lowest BCUT2D eigenvalue weighted by atomic mass is 9.98. The second-order valence-electron chi connectivity index (χ2n) is 5.17. The number of hydrogen-bond acceptors (Lipinski definition) is 2. The number of rotatable bonds is 4. The predicted molar refractivity (Wildman–Crippen MR) is 88.9 cm³/mol. The van der Waals surface area contributed by atoms with Crippen molar-refractivity contribution in [3.63, 3.8) is 0 Å². The third kappa shape index (κ3) is 3.02. The number of benzene rings is 3. The summed E-state index contributed by atoms with van der Waals surface area (Å²) >= 11 is 0. The molecule has 2 heteroatoms. The molecule has 0 saturated heterocycles. The van der Waals surface area contributed by atoms with E-state index in [2.05, 4.69) is 12.1 Å². The van der Waals surface area contributed by atoms with Crippen LogP contribution in [0.4, 0.5) is 0 Å². The molecule has 1 N–H and O–H groups in total. The molecule has 0 radical (unpaired) electrons. The molecule has 0 aromatic heterocycles. The lowest BCUT2D eigenvalue weighted by Gasteiger charge is -2.13. The zero-order chi connectivity index (χ0) is 15.4. The molecule has 3 aromatic rings. The van der Waals surface area contributed by atoms with Crippen LogP contribution in [0.2, 0.25) is 0 Å². The van der Waals surface area contributed by atoms with Crippen LogP contribution >= 0.6 is 0 Å². The molecule has 0 amide bonds. The third-order valence-electron chi connectivity index (χ3n) is 3.74. The molecular weight excluding hydrogens is 272 g/mol. The Bertz CT molecular complexity index is 733. The number of ether oxygens (including phenoxy) is 1. The Morgan fingerprint density at radius 3 is 2.09 bits per heavy atom. The Morgan fingerprint density at radius 1 is 0.727 bits per heavy atom. The van der Waals surface area contributed by atoms with Gasteiger partial charge in [0.1, 0.15) is 11.9 Å². The van der Waals surface area contributed by atoms with Gasteiger partial charge in [-0.25, -0.2) is 0 Å². The molecule has 1 unspecified atom stereocenters. The third-order valence-corrected chi connectivity index (χ3v) is 3.74. The first kappa shape index (κ1) is 14.4. The Labute approximate surface area is 130 Å². The first-order chi connectivity index (χ1) is 10.8. The molecule has 3 aromatic carbocycles. The molecule has 0 heterocycles. The van der Waals surface area contributed by atoms with Gasteiger partial charge in [-0.3, -0.25) is 0 Å². The lowest BCUT2D eigenvalue weighted by Crippen LogP contribution is -1.99. The highest BCUT2D eigenvalue weighted by Crippen LogP contribution is 2.27. The van der Waals surface area contributed by atoms with Crippen molar-refractivity contribution < 1.29 is 9.84 Å². The molecule has 22 heavy (non-hydrogen) atoms. The standard InChI is InChI=1S/C20H18O2/c1-22-19-9-5-8-18(14-19)20(21)17-12-10-16(11-13-17)15-6-3-2-4-7-15/h2-14,20-21H,1H3. The Morgan fingerprint density at radius 2 is 1.41 bits per heavy atom. The van der Waals surface area contributed by atoms with E-state index in [1.165, 1.54) is 5.56 Å². The van der Waals surface area contributed by atoms with Crippen molar-refractivity contribution >= 4 is 0 Å². The van der Waals surface area contributed by atoms with Crippen LogP contribution in [-0.2, 0) is 0 Å². The van der Waals surface area contributed by atoms with Crippen molar-refractivity contribution in [2.24, 2.45) is 0 Å². The van der Waals surface area contributed by atoms with Crippen molar-refractivity contribution in [2.75, 3.05) is 7.11 Å². The van der Waals surface area contributed by atoms with E-state index in [1.807, 2.05) is 66.7 Å². The molecule has 0 aliphatic rings. The normalized spacial score (nSPS) is 11.9. The van der Waals surface area contributed by atoms with Crippen LogP contribution in [0, 0.1) is 0 Å². The Hall–Kier alpha value is -2.58. The van der Waals surface area contributed by atoms with E-state index in [1.54, 1.807) is 7.11 Å². The Balaban J connectivity index is 1.86. The van der Waals surface area contributed by atoms with Crippen LogP contribution < -0.4 is 4.74 Å². The predicted octanol–water partition coefficient (Wildman–Crippen LogP) is 4.44. The van der Waals surface area contributed by atoms with Crippen LogP contribution in [-0.4, -0.2) is 12.2 Å². The molecule has 2 nitrogen and oxygen atoms in total. The summed E-state index contributed by atoms with van der Waals surface area (Å²) in [6.45, 7) is 0. The van der Waals surface area contributed by atoms with Crippen molar-refractivity contribution in [1.29, 1.82) is 0 Å². The van der Waals surface area contributed by atoms with E-state index in [0.717, 1.165) is 22.4 Å². The summed E-state index contributed by atoms with van der Waals surface area (Å²) in [5.74, 6) is 0.748. The zero-order valence-corrected chi connectivity index (χ0v) is 12.4. The maximum atomic E-state index is 10.5. The van der Waals surface area contributed by atoms with Gasteiger partial charge in [0.05, 0.1) is 7.11 Å². The van der Waals surface area contributed by atoms with Gasteiger partial charge in [0, 0.05) is 0 Å². The molecular formula is C20H18O2. The van der Waals surface area contributed by atoms with Crippen molar-refractivity contribution in [1.82, 2.24) is 0 Å². The maximum Gasteiger partial charge on any atom is 0.119 e. The van der Waals surface area contributed by atoms with Gasteiger partial charge in [0.15, 0.2) is 0 Å². The van der Waals surface area contributed by atoms with E-state index < -0.39 is 6.10 Å². The van der Waals surface area contributed by atoms with E-state index in [9.17, 15) is 5.11 Å². The fraction of sp³-hybridized carbons (Fsp3) is 0.100. The highest BCUT2D eigenvalue weighted by molar-refractivity contribution is 5.63. The van der Waals surface area contributed by atoms with Gasteiger partial charge in [-0.1, -0.05) is 66.7 Å². The summed E-state index contributed by atoms with van der Waals surface area (Å²) in [4.78, 5) is 0. The summed E-state index contributed by atoms with van der Waals surface area (Å²) in [5.41, 5.74) is 4.01. The van der Waals surface area contributed by atoms with Crippen LogP contribution in [0.15, 0.2) is 78.9 Å². The number of aliphatic hydroxyl groups excluding tert-OH is 1. The second-order valence-corrected chi connectivity index (χ2v) is 5.17. The summed E-state index contributed by atoms with van der Waals surface area (Å²) in [7, 11) is 1.63. The minimum absolute atomic E-state index is 0.653. The highest BCUT2D eigenvalue weighted by atomic mass is 16.5. The van der Waals surface area contributed by atoms with Gasteiger partial charge in [0.2, 0.25) is 0 Å². The number of aliphatic hydroxyl groups is 1. The number of hydrogen-bond donors (Lipinski definition) is 1. The first-order valence-corrected chi connectivity index (χ1v) is 7.25. The van der Waals surface area contributed by atoms with Crippen molar-refractivity contribution in [2.45, 2.75) is 6.10 Å². The fourth-order valence-electron chi connectivity index (χ4n) is 2.49. The van der Waals surface area contributed by atoms with Gasteiger partial charge >= 0.3 is 0 Å². The van der Waals surface area contributed by atoms with Gasteiger partial charge in [-0.15, -0.1) is 0 Å². The van der Waals surface area contributed by atoms with Gasteiger partial charge in [0.25, 0.3) is 0 Å². The quantitative estimate of drug-likeness (QED) is 0.769. The molecule has 0 aliphatic heterocycles. The van der Waals surface area contributed by atoms with Crippen LogP contribution in [0.5, 0.6) is 5.75 Å². The molecule has 110 valence electrons. The molecule has 0 fully saturated rings. The summed E-state index contributed by atoms with van der Waals surface area (Å²) in [6, 6.07) is 25.7. The molecule has 0 aliphatic carbocycles. The Kier molecular flexibility index (Phi) is 4.22. The summed E-state index contributed by atoms with van der Waals surface area (Å²) in [5, 5.41) is 10.5. The maximum absolute atomic E-state index is 10.5. The van der Waals surface area contributed by atoms with Crippen molar-refractivity contribution in [3.05, 3.63) is 90.0 Å². The second kappa shape index (κ2) is 6.46. The van der Waals surface area contributed by atoms with Gasteiger partial charge in [-0.05, 0) is 34.4 Å². The van der Waals surface area contributed by atoms with E-state index in [-0.39, 0.29) is 0 Å². The van der Waals surface area contributed by atoms with E-state index in [4.69, 9.17) is 4.74 Å². The van der Waals surface area contributed by atoms with Crippen LogP contribution in [0.3, 0.4) is 0 Å². The molecule has 0 spiro atoms. The number of methoxy groups -OCH3 is 1. The fourth-order valence-corrected chi connectivity index (χ4v) is 2.49. The average Bonchev–Trinajstić information content (AvgIpc) is 2.62. The molecule has 0 bridgehead atoms. The average molecular weight is 290 g/mol. The topological polar surface area (TPSA) is 29.5 Å². The highest BCUT2D eigenvalue weighted by Gasteiger charge is 2.11. The largest absolute Gasteiger partial charge is 0.497 e. The van der Waals surface area contributed by atoms with Crippen LogP contribution in [0.1, 0.15) is 17.2 Å². The first-order valence-electron chi connectivity index (χ1n) is 7.25. The minimum Gasteiger partial charge on any atom is -0.497 e. The van der Waals surface area contributed by atoms with E-state index in [0.29, 0.717) is 0 Å². The lowest BCUT2D eigenvalue weighted by molar-refractivity contribution is 0.220. The molecule has 3 rings (SSSR count).